The van der Waals surface area contributed by atoms with Gasteiger partial charge < -0.3 is 14.6 Å². The van der Waals surface area contributed by atoms with E-state index in [1.165, 1.54) is 12.3 Å². The van der Waals surface area contributed by atoms with Crippen LogP contribution in [-0.2, 0) is 6.61 Å². The first-order chi connectivity index (χ1) is 10.7. The third-order valence-electron chi connectivity index (χ3n) is 3.49. The third kappa shape index (κ3) is 2.27. The monoisotopic (exact) mass is 302 g/mol. The number of ether oxygens (including phenoxy) is 2. The Hall–Kier alpha value is -2.60. The minimum absolute atomic E-state index is 0.256. The van der Waals surface area contributed by atoms with Gasteiger partial charge in [0, 0.05) is 11.8 Å². The van der Waals surface area contributed by atoms with Gasteiger partial charge in [0.1, 0.15) is 11.5 Å². The number of imidazole rings is 1. The van der Waals surface area contributed by atoms with E-state index in [1.54, 1.807) is 36.8 Å². The lowest BCUT2D eigenvalue weighted by Gasteiger charge is -2.09. The lowest BCUT2D eigenvalue weighted by atomic mass is 10.1. The SMILES string of the molecule is COc1ccc(-c2nc3ccc(F)cn3c2CO)cc1OC. The molecule has 22 heavy (non-hydrogen) atoms. The normalized spacial score (nSPS) is 10.9. The highest BCUT2D eigenvalue weighted by atomic mass is 19.1. The minimum atomic E-state index is -0.390. The van der Waals surface area contributed by atoms with Crippen molar-refractivity contribution in [1.82, 2.24) is 9.38 Å². The molecule has 1 N–H and O–H groups in total. The number of pyridine rings is 1. The lowest BCUT2D eigenvalue weighted by Crippen LogP contribution is -1.96. The van der Waals surface area contributed by atoms with Gasteiger partial charge in [-0.05, 0) is 30.3 Å². The summed E-state index contributed by atoms with van der Waals surface area (Å²) in [5, 5.41) is 9.65. The smallest absolute Gasteiger partial charge is 0.161 e. The molecule has 0 aliphatic carbocycles. The van der Waals surface area contributed by atoms with Gasteiger partial charge in [-0.15, -0.1) is 0 Å². The number of aliphatic hydroxyl groups is 1. The molecule has 1 aromatic carbocycles. The van der Waals surface area contributed by atoms with E-state index in [9.17, 15) is 9.50 Å². The van der Waals surface area contributed by atoms with E-state index in [-0.39, 0.29) is 6.61 Å². The van der Waals surface area contributed by atoms with E-state index in [1.807, 2.05) is 6.07 Å². The van der Waals surface area contributed by atoms with Gasteiger partial charge >= 0.3 is 0 Å². The van der Waals surface area contributed by atoms with Crippen molar-refractivity contribution >= 4 is 5.65 Å². The fourth-order valence-corrected chi connectivity index (χ4v) is 2.43. The molecule has 6 heteroatoms. The summed E-state index contributed by atoms with van der Waals surface area (Å²) in [6, 6.07) is 8.26. The number of aromatic nitrogens is 2. The highest BCUT2D eigenvalue weighted by molar-refractivity contribution is 5.69. The second-order valence-electron chi connectivity index (χ2n) is 4.71. The Morgan fingerprint density at radius 3 is 2.59 bits per heavy atom. The first-order valence-electron chi connectivity index (χ1n) is 6.67. The Kier molecular flexibility index (Phi) is 3.68. The van der Waals surface area contributed by atoms with Crippen LogP contribution >= 0.6 is 0 Å². The molecule has 0 saturated carbocycles. The molecule has 0 fully saturated rings. The second kappa shape index (κ2) is 5.65. The maximum absolute atomic E-state index is 13.4. The topological polar surface area (TPSA) is 56.0 Å². The summed E-state index contributed by atoms with van der Waals surface area (Å²) < 4.78 is 25.5. The molecule has 5 nitrogen and oxygen atoms in total. The largest absolute Gasteiger partial charge is 0.493 e. The van der Waals surface area contributed by atoms with Crippen LogP contribution in [0.5, 0.6) is 11.5 Å². The molecule has 0 atom stereocenters. The van der Waals surface area contributed by atoms with Gasteiger partial charge in [0.15, 0.2) is 11.5 Å². The van der Waals surface area contributed by atoms with Crippen LogP contribution in [0.2, 0.25) is 0 Å². The summed E-state index contributed by atoms with van der Waals surface area (Å²) in [6.07, 6.45) is 1.30. The van der Waals surface area contributed by atoms with Gasteiger partial charge in [-0.25, -0.2) is 9.37 Å². The first kappa shape index (κ1) is 14.3. The summed E-state index contributed by atoms with van der Waals surface area (Å²) in [4.78, 5) is 4.47. The number of nitrogens with zero attached hydrogens (tertiary/aromatic N) is 2. The van der Waals surface area contributed by atoms with Crippen LogP contribution in [0.4, 0.5) is 4.39 Å². The Morgan fingerprint density at radius 2 is 1.91 bits per heavy atom. The fourth-order valence-electron chi connectivity index (χ4n) is 2.43. The van der Waals surface area contributed by atoms with Crippen molar-refractivity contribution < 1.29 is 19.0 Å². The Morgan fingerprint density at radius 1 is 1.14 bits per heavy atom. The predicted molar refractivity (Wildman–Crippen MR) is 79.6 cm³/mol. The third-order valence-corrected chi connectivity index (χ3v) is 3.49. The average Bonchev–Trinajstić information content (AvgIpc) is 2.91. The Balaban J connectivity index is 2.21. The zero-order valence-electron chi connectivity index (χ0n) is 12.2. The second-order valence-corrected chi connectivity index (χ2v) is 4.71. The molecule has 0 aliphatic rings. The van der Waals surface area contributed by atoms with Gasteiger partial charge in [-0.3, -0.25) is 4.40 Å². The molecular formula is C16H15FN2O3. The highest BCUT2D eigenvalue weighted by Crippen LogP contribution is 2.33. The molecule has 3 rings (SSSR count). The van der Waals surface area contributed by atoms with Gasteiger partial charge in [-0.1, -0.05) is 0 Å². The molecule has 2 heterocycles. The summed E-state index contributed by atoms with van der Waals surface area (Å²) in [5.74, 6) is 0.775. The van der Waals surface area contributed by atoms with E-state index in [4.69, 9.17) is 9.47 Å². The number of hydrogen-bond donors (Lipinski definition) is 1. The molecule has 0 radical (unpaired) electrons. The van der Waals surface area contributed by atoms with E-state index in [0.717, 1.165) is 5.56 Å². The molecule has 0 spiro atoms. The summed E-state index contributed by atoms with van der Waals surface area (Å²) in [5.41, 5.74) is 2.41. The van der Waals surface area contributed by atoms with Crippen molar-refractivity contribution in [2.24, 2.45) is 0 Å². The summed E-state index contributed by atoms with van der Waals surface area (Å²) >= 11 is 0. The number of fused-ring (bicyclic) bond motifs is 1. The summed E-state index contributed by atoms with van der Waals surface area (Å²) in [7, 11) is 3.11. The molecular weight excluding hydrogens is 287 g/mol. The van der Waals surface area contributed by atoms with Crippen molar-refractivity contribution in [1.29, 1.82) is 0 Å². The number of methoxy groups -OCH3 is 2. The Bertz CT molecular complexity index is 830. The van der Waals surface area contributed by atoms with Crippen LogP contribution in [0, 0.1) is 5.82 Å². The van der Waals surface area contributed by atoms with Gasteiger partial charge in [0.2, 0.25) is 0 Å². The highest BCUT2D eigenvalue weighted by Gasteiger charge is 2.15. The zero-order chi connectivity index (χ0) is 15.7. The number of benzene rings is 1. The van der Waals surface area contributed by atoms with Crippen molar-refractivity contribution in [3.8, 4) is 22.8 Å². The minimum Gasteiger partial charge on any atom is -0.493 e. The first-order valence-corrected chi connectivity index (χ1v) is 6.67. The molecule has 0 bridgehead atoms. The maximum atomic E-state index is 13.4. The lowest BCUT2D eigenvalue weighted by molar-refractivity contribution is 0.276. The summed E-state index contributed by atoms with van der Waals surface area (Å²) in [6.45, 7) is -0.256. The van der Waals surface area contributed by atoms with Crippen LogP contribution in [0.3, 0.4) is 0 Å². The van der Waals surface area contributed by atoms with E-state index < -0.39 is 5.82 Å². The van der Waals surface area contributed by atoms with Gasteiger partial charge in [-0.2, -0.15) is 0 Å². The Labute approximate surface area is 126 Å². The number of hydrogen-bond acceptors (Lipinski definition) is 4. The molecule has 0 unspecified atom stereocenters. The van der Waals surface area contributed by atoms with Crippen molar-refractivity contribution in [2.75, 3.05) is 14.2 Å². The van der Waals surface area contributed by atoms with Gasteiger partial charge in [0.25, 0.3) is 0 Å². The standard InChI is InChI=1S/C16H15FN2O3/c1-21-13-5-3-10(7-14(13)22-2)16-12(9-20)19-8-11(17)4-6-15(19)18-16/h3-8,20H,9H2,1-2H3. The average molecular weight is 302 g/mol. The molecule has 0 amide bonds. The van der Waals surface area contributed by atoms with Crippen LogP contribution in [0.1, 0.15) is 5.69 Å². The number of aliphatic hydroxyl groups excluding tert-OH is 1. The van der Waals surface area contributed by atoms with E-state index >= 15 is 0 Å². The molecule has 114 valence electrons. The van der Waals surface area contributed by atoms with E-state index in [0.29, 0.717) is 28.5 Å². The number of halogens is 1. The fraction of sp³-hybridized carbons (Fsp3) is 0.188. The van der Waals surface area contributed by atoms with Crippen LogP contribution < -0.4 is 9.47 Å². The number of rotatable bonds is 4. The molecule has 2 aromatic heterocycles. The molecule has 0 aliphatic heterocycles. The van der Waals surface area contributed by atoms with Crippen LogP contribution in [-0.4, -0.2) is 28.7 Å². The molecule has 3 aromatic rings. The van der Waals surface area contributed by atoms with Crippen molar-refractivity contribution in [3.63, 3.8) is 0 Å². The van der Waals surface area contributed by atoms with Crippen LogP contribution in [0.25, 0.3) is 16.9 Å². The predicted octanol–water partition coefficient (Wildman–Crippen LogP) is 2.65. The maximum Gasteiger partial charge on any atom is 0.161 e. The molecule has 0 saturated heterocycles. The van der Waals surface area contributed by atoms with Gasteiger partial charge in [0.05, 0.1) is 32.2 Å². The quantitative estimate of drug-likeness (QED) is 0.805. The van der Waals surface area contributed by atoms with Crippen molar-refractivity contribution in [2.45, 2.75) is 6.61 Å². The zero-order valence-corrected chi connectivity index (χ0v) is 12.2. The van der Waals surface area contributed by atoms with Crippen molar-refractivity contribution in [3.05, 3.63) is 48.0 Å². The van der Waals surface area contributed by atoms with Crippen LogP contribution in [0.15, 0.2) is 36.5 Å². The van der Waals surface area contributed by atoms with E-state index in [2.05, 4.69) is 4.98 Å².